The molecular formula is C16H19NO2. The van der Waals surface area contributed by atoms with Crippen molar-refractivity contribution in [2.45, 2.75) is 19.6 Å². The summed E-state index contributed by atoms with van der Waals surface area (Å²) in [6, 6.07) is 15.7. The first kappa shape index (κ1) is 13.4. The maximum absolute atomic E-state index is 5.81. The van der Waals surface area contributed by atoms with E-state index < -0.39 is 0 Å². The Hall–Kier alpha value is -2.00. The smallest absolute Gasteiger partial charge is 0.125 e. The van der Waals surface area contributed by atoms with Gasteiger partial charge in [-0.25, -0.2) is 0 Å². The van der Waals surface area contributed by atoms with E-state index in [2.05, 4.69) is 0 Å². The van der Waals surface area contributed by atoms with Gasteiger partial charge in [0, 0.05) is 11.6 Å². The van der Waals surface area contributed by atoms with E-state index in [0.717, 1.165) is 22.6 Å². The van der Waals surface area contributed by atoms with Gasteiger partial charge in [0.05, 0.1) is 7.11 Å². The predicted octanol–water partition coefficient (Wildman–Crippen LogP) is 3.29. The number of hydrogen-bond acceptors (Lipinski definition) is 3. The van der Waals surface area contributed by atoms with E-state index in [0.29, 0.717) is 6.61 Å². The highest BCUT2D eigenvalue weighted by Crippen LogP contribution is 2.21. The molecule has 2 aromatic rings. The minimum Gasteiger partial charge on any atom is -0.496 e. The maximum atomic E-state index is 5.81. The van der Waals surface area contributed by atoms with Gasteiger partial charge in [0.15, 0.2) is 0 Å². The summed E-state index contributed by atoms with van der Waals surface area (Å²) in [4.78, 5) is 0. The number of benzene rings is 2. The lowest BCUT2D eigenvalue weighted by atomic mass is 10.1. The first-order chi connectivity index (χ1) is 9.20. The van der Waals surface area contributed by atoms with Gasteiger partial charge < -0.3 is 15.2 Å². The van der Waals surface area contributed by atoms with Crippen molar-refractivity contribution in [1.82, 2.24) is 0 Å². The van der Waals surface area contributed by atoms with Gasteiger partial charge in [-0.1, -0.05) is 30.3 Å². The SMILES string of the molecule is COc1ccccc1COc1ccc(C(C)N)cc1. The molecule has 3 nitrogen and oxygen atoms in total. The van der Waals surface area contributed by atoms with Gasteiger partial charge in [-0.2, -0.15) is 0 Å². The summed E-state index contributed by atoms with van der Waals surface area (Å²) in [5.74, 6) is 1.67. The maximum Gasteiger partial charge on any atom is 0.125 e. The van der Waals surface area contributed by atoms with Gasteiger partial charge >= 0.3 is 0 Å². The van der Waals surface area contributed by atoms with Crippen molar-refractivity contribution in [3.8, 4) is 11.5 Å². The van der Waals surface area contributed by atoms with Gasteiger partial charge in [0.25, 0.3) is 0 Å². The fourth-order valence-electron chi connectivity index (χ4n) is 1.85. The molecule has 0 fully saturated rings. The Balaban J connectivity index is 2.02. The van der Waals surface area contributed by atoms with Crippen molar-refractivity contribution in [1.29, 1.82) is 0 Å². The van der Waals surface area contributed by atoms with Gasteiger partial charge in [0.2, 0.25) is 0 Å². The number of nitrogens with two attached hydrogens (primary N) is 1. The van der Waals surface area contributed by atoms with Crippen LogP contribution in [0.2, 0.25) is 0 Å². The summed E-state index contributed by atoms with van der Waals surface area (Å²) in [5.41, 5.74) is 7.94. The summed E-state index contributed by atoms with van der Waals surface area (Å²) in [6.07, 6.45) is 0. The molecule has 0 aliphatic rings. The van der Waals surface area contributed by atoms with E-state index in [4.69, 9.17) is 15.2 Å². The minimum atomic E-state index is 0.0447. The van der Waals surface area contributed by atoms with E-state index in [9.17, 15) is 0 Å². The highest BCUT2D eigenvalue weighted by Gasteiger charge is 2.03. The standard InChI is InChI=1S/C16H19NO2/c1-12(17)13-7-9-15(10-8-13)19-11-14-5-3-4-6-16(14)18-2/h3-10,12H,11,17H2,1-2H3. The van der Waals surface area contributed by atoms with Crippen LogP contribution in [0.4, 0.5) is 0 Å². The Morgan fingerprint density at radius 3 is 2.37 bits per heavy atom. The molecule has 0 aromatic heterocycles. The lowest BCUT2D eigenvalue weighted by Crippen LogP contribution is -2.04. The molecule has 0 aliphatic carbocycles. The lowest BCUT2D eigenvalue weighted by molar-refractivity contribution is 0.296. The van der Waals surface area contributed by atoms with Gasteiger partial charge in [-0.15, -0.1) is 0 Å². The number of rotatable bonds is 5. The summed E-state index contributed by atoms with van der Waals surface area (Å²) in [6.45, 7) is 2.45. The second kappa shape index (κ2) is 6.25. The molecule has 1 unspecified atom stereocenters. The third kappa shape index (κ3) is 3.48. The first-order valence-corrected chi connectivity index (χ1v) is 6.31. The molecule has 0 saturated carbocycles. The van der Waals surface area contributed by atoms with Crippen molar-refractivity contribution in [3.05, 3.63) is 59.7 Å². The molecule has 0 spiro atoms. The van der Waals surface area contributed by atoms with Crippen molar-refractivity contribution in [3.63, 3.8) is 0 Å². The summed E-state index contributed by atoms with van der Waals surface area (Å²) >= 11 is 0. The Morgan fingerprint density at radius 2 is 1.74 bits per heavy atom. The van der Waals surface area contributed by atoms with Crippen LogP contribution in [-0.2, 0) is 6.61 Å². The second-order valence-electron chi connectivity index (χ2n) is 4.46. The van der Waals surface area contributed by atoms with E-state index in [-0.39, 0.29) is 6.04 Å². The third-order valence-corrected chi connectivity index (χ3v) is 2.99. The average molecular weight is 257 g/mol. The molecule has 1 atom stereocenters. The molecule has 0 saturated heterocycles. The third-order valence-electron chi connectivity index (χ3n) is 2.99. The molecule has 3 heteroatoms. The molecular weight excluding hydrogens is 238 g/mol. The molecule has 0 amide bonds. The van der Waals surface area contributed by atoms with Crippen molar-refractivity contribution >= 4 is 0 Å². The summed E-state index contributed by atoms with van der Waals surface area (Å²) in [7, 11) is 1.66. The number of hydrogen-bond donors (Lipinski definition) is 1. The number of methoxy groups -OCH3 is 1. The van der Waals surface area contributed by atoms with E-state index in [1.807, 2.05) is 55.5 Å². The monoisotopic (exact) mass is 257 g/mol. The number of ether oxygens (including phenoxy) is 2. The first-order valence-electron chi connectivity index (χ1n) is 6.31. The highest BCUT2D eigenvalue weighted by molar-refractivity contribution is 5.34. The van der Waals surface area contributed by atoms with Crippen LogP contribution in [-0.4, -0.2) is 7.11 Å². The molecule has 19 heavy (non-hydrogen) atoms. The van der Waals surface area contributed by atoms with Crippen LogP contribution in [0.25, 0.3) is 0 Å². The molecule has 2 N–H and O–H groups in total. The van der Waals surface area contributed by atoms with Crippen LogP contribution in [0.3, 0.4) is 0 Å². The zero-order valence-electron chi connectivity index (χ0n) is 11.3. The minimum absolute atomic E-state index is 0.0447. The van der Waals surface area contributed by atoms with Crippen LogP contribution in [0, 0.1) is 0 Å². The van der Waals surface area contributed by atoms with Gasteiger partial charge in [-0.05, 0) is 30.7 Å². The molecule has 0 bridgehead atoms. The van der Waals surface area contributed by atoms with E-state index in [1.54, 1.807) is 7.11 Å². The number of para-hydroxylation sites is 1. The molecule has 0 radical (unpaired) electrons. The normalized spacial score (nSPS) is 11.9. The topological polar surface area (TPSA) is 44.5 Å². The fraction of sp³-hybridized carbons (Fsp3) is 0.250. The van der Waals surface area contributed by atoms with Crippen molar-refractivity contribution in [2.24, 2.45) is 5.73 Å². The zero-order chi connectivity index (χ0) is 13.7. The Kier molecular flexibility index (Phi) is 4.42. The lowest BCUT2D eigenvalue weighted by Gasteiger charge is -2.11. The van der Waals surface area contributed by atoms with Crippen LogP contribution < -0.4 is 15.2 Å². The molecule has 100 valence electrons. The molecule has 2 aromatic carbocycles. The molecule has 0 aliphatic heterocycles. The summed E-state index contributed by atoms with van der Waals surface area (Å²) < 4.78 is 11.0. The summed E-state index contributed by atoms with van der Waals surface area (Å²) in [5, 5.41) is 0. The Bertz CT molecular complexity index is 521. The zero-order valence-corrected chi connectivity index (χ0v) is 11.3. The highest BCUT2D eigenvalue weighted by atomic mass is 16.5. The average Bonchev–Trinajstić information content (AvgIpc) is 2.45. The van der Waals surface area contributed by atoms with Crippen LogP contribution >= 0.6 is 0 Å². The Labute approximate surface area is 114 Å². The Morgan fingerprint density at radius 1 is 1.05 bits per heavy atom. The quantitative estimate of drug-likeness (QED) is 0.893. The van der Waals surface area contributed by atoms with Gasteiger partial charge in [0.1, 0.15) is 18.1 Å². The van der Waals surface area contributed by atoms with Crippen LogP contribution in [0.5, 0.6) is 11.5 Å². The van der Waals surface area contributed by atoms with Crippen molar-refractivity contribution in [2.75, 3.05) is 7.11 Å². The van der Waals surface area contributed by atoms with Gasteiger partial charge in [-0.3, -0.25) is 0 Å². The van der Waals surface area contributed by atoms with Crippen LogP contribution in [0.15, 0.2) is 48.5 Å². The fourth-order valence-corrected chi connectivity index (χ4v) is 1.85. The van der Waals surface area contributed by atoms with E-state index in [1.165, 1.54) is 0 Å². The van der Waals surface area contributed by atoms with Crippen molar-refractivity contribution < 1.29 is 9.47 Å². The van der Waals surface area contributed by atoms with E-state index >= 15 is 0 Å². The predicted molar refractivity (Wildman–Crippen MR) is 76.4 cm³/mol. The molecule has 0 heterocycles. The second-order valence-corrected chi connectivity index (χ2v) is 4.46. The van der Waals surface area contributed by atoms with Crippen LogP contribution in [0.1, 0.15) is 24.1 Å². The largest absolute Gasteiger partial charge is 0.496 e. The molecule has 2 rings (SSSR count).